The third kappa shape index (κ3) is 4.36. The van der Waals surface area contributed by atoms with Crippen LogP contribution in [0.25, 0.3) is 0 Å². The van der Waals surface area contributed by atoms with Crippen LogP contribution in [0.5, 0.6) is 0 Å². The number of nitrogens with zero attached hydrogens (tertiary/aromatic N) is 1. The number of benzene rings is 1. The number of carbonyl (C=O) groups excluding carboxylic acids is 1. The average molecular weight is 311 g/mol. The van der Waals surface area contributed by atoms with Gasteiger partial charge in [-0.1, -0.05) is 31.0 Å². The van der Waals surface area contributed by atoms with Crippen LogP contribution in [-0.2, 0) is 4.79 Å². The molecule has 0 radical (unpaired) electrons. The maximum atomic E-state index is 12.3. The van der Waals surface area contributed by atoms with Crippen LogP contribution in [0.3, 0.4) is 0 Å². The monoisotopic (exact) mass is 310 g/mol. The quantitative estimate of drug-likeness (QED) is 0.848. The van der Waals surface area contributed by atoms with Crippen LogP contribution in [-0.4, -0.2) is 29.7 Å². The number of carbonyl (C=O) groups is 2. The van der Waals surface area contributed by atoms with Crippen molar-refractivity contribution in [3.8, 4) is 0 Å². The fourth-order valence-electron chi connectivity index (χ4n) is 2.41. The largest absolute Gasteiger partial charge is 0.480 e. The zero-order valence-electron chi connectivity index (χ0n) is 11.9. The van der Waals surface area contributed by atoms with E-state index in [1.165, 1.54) is 4.90 Å². The van der Waals surface area contributed by atoms with Crippen molar-refractivity contribution >= 4 is 29.3 Å². The molecule has 5 nitrogen and oxygen atoms in total. The number of amides is 2. The average Bonchev–Trinajstić information content (AvgIpc) is 3.14. The predicted octanol–water partition coefficient (Wildman–Crippen LogP) is 3.13. The van der Waals surface area contributed by atoms with E-state index in [1.807, 2.05) is 0 Å². The van der Waals surface area contributed by atoms with Gasteiger partial charge in [0.15, 0.2) is 0 Å². The van der Waals surface area contributed by atoms with E-state index in [0.717, 1.165) is 19.3 Å². The van der Waals surface area contributed by atoms with Crippen molar-refractivity contribution in [2.45, 2.75) is 32.2 Å². The van der Waals surface area contributed by atoms with Crippen LogP contribution < -0.4 is 10.2 Å². The van der Waals surface area contributed by atoms with E-state index in [9.17, 15) is 9.59 Å². The van der Waals surface area contributed by atoms with E-state index in [1.54, 1.807) is 24.3 Å². The lowest BCUT2D eigenvalue weighted by Gasteiger charge is -2.21. The van der Waals surface area contributed by atoms with Crippen molar-refractivity contribution in [3.05, 3.63) is 29.3 Å². The van der Waals surface area contributed by atoms with E-state index >= 15 is 0 Å². The number of urea groups is 1. The van der Waals surface area contributed by atoms with Crippen LogP contribution in [0.1, 0.15) is 26.2 Å². The van der Waals surface area contributed by atoms with Crippen LogP contribution in [0, 0.1) is 5.92 Å². The Labute approximate surface area is 128 Å². The Balaban J connectivity index is 2.05. The van der Waals surface area contributed by atoms with Gasteiger partial charge in [-0.05, 0) is 37.0 Å². The highest BCUT2D eigenvalue weighted by Crippen LogP contribution is 2.34. The summed E-state index contributed by atoms with van der Waals surface area (Å²) in [5, 5.41) is 12.4. The highest BCUT2D eigenvalue weighted by Gasteiger charge is 2.38. The molecule has 1 aromatic carbocycles. The number of hydrogen-bond acceptors (Lipinski definition) is 2. The molecule has 0 saturated heterocycles. The van der Waals surface area contributed by atoms with E-state index in [2.05, 4.69) is 12.2 Å². The number of anilines is 1. The molecular formula is C15H19ClN2O3. The summed E-state index contributed by atoms with van der Waals surface area (Å²) < 4.78 is 0. The van der Waals surface area contributed by atoms with Gasteiger partial charge in [0.2, 0.25) is 0 Å². The van der Waals surface area contributed by atoms with Gasteiger partial charge in [-0.3, -0.25) is 9.69 Å². The lowest BCUT2D eigenvalue weighted by Crippen LogP contribution is -2.44. The van der Waals surface area contributed by atoms with E-state index < -0.39 is 12.5 Å². The minimum atomic E-state index is -1.06. The third-order valence-corrected chi connectivity index (χ3v) is 3.78. The van der Waals surface area contributed by atoms with Crippen molar-refractivity contribution < 1.29 is 14.7 Å². The fourth-order valence-corrected chi connectivity index (χ4v) is 2.59. The Kier molecular flexibility index (Phi) is 5.07. The normalized spacial score (nSPS) is 19.9. The molecule has 6 heteroatoms. The number of rotatable bonds is 6. The first-order valence-electron chi connectivity index (χ1n) is 7.06. The topological polar surface area (TPSA) is 69.6 Å². The molecular weight excluding hydrogens is 292 g/mol. The Morgan fingerprint density at radius 3 is 2.86 bits per heavy atom. The standard InChI is InChI=1S/C15H19ClN2O3/c1-2-4-10-7-13(10)17-15(21)18(9-14(19)20)12-6-3-5-11(16)8-12/h3,5-6,8,10,13H,2,4,7,9H2,1H3,(H,17,21)(H,19,20). The summed E-state index contributed by atoms with van der Waals surface area (Å²) in [7, 11) is 0. The van der Waals surface area contributed by atoms with Gasteiger partial charge < -0.3 is 10.4 Å². The molecule has 2 N–H and O–H groups in total. The Morgan fingerprint density at radius 2 is 2.24 bits per heavy atom. The number of carboxylic acid groups (broad SMARTS) is 1. The van der Waals surface area contributed by atoms with Gasteiger partial charge in [-0.25, -0.2) is 4.79 Å². The van der Waals surface area contributed by atoms with Crippen LogP contribution in [0.2, 0.25) is 5.02 Å². The first-order valence-corrected chi connectivity index (χ1v) is 7.44. The van der Waals surface area contributed by atoms with Gasteiger partial charge in [0.05, 0.1) is 0 Å². The van der Waals surface area contributed by atoms with Gasteiger partial charge in [-0.15, -0.1) is 0 Å². The number of hydrogen-bond donors (Lipinski definition) is 2. The summed E-state index contributed by atoms with van der Waals surface area (Å²) in [5.74, 6) is -0.545. The summed E-state index contributed by atoms with van der Waals surface area (Å²) in [4.78, 5) is 24.5. The smallest absolute Gasteiger partial charge is 0.323 e. The lowest BCUT2D eigenvalue weighted by molar-refractivity contribution is -0.135. The van der Waals surface area contributed by atoms with Crippen molar-refractivity contribution in [1.29, 1.82) is 0 Å². The number of halogens is 1. The molecule has 1 aliphatic carbocycles. The molecule has 2 atom stereocenters. The second-order valence-electron chi connectivity index (χ2n) is 5.30. The predicted molar refractivity (Wildman–Crippen MR) is 81.8 cm³/mol. The molecule has 2 unspecified atom stereocenters. The first-order chi connectivity index (χ1) is 10.0. The van der Waals surface area contributed by atoms with Gasteiger partial charge >= 0.3 is 12.0 Å². The molecule has 0 heterocycles. The second kappa shape index (κ2) is 6.80. The first kappa shape index (κ1) is 15.6. The van der Waals surface area contributed by atoms with Crippen molar-refractivity contribution in [3.63, 3.8) is 0 Å². The summed E-state index contributed by atoms with van der Waals surface area (Å²) in [6.07, 6.45) is 3.14. The molecule has 2 rings (SSSR count). The zero-order valence-corrected chi connectivity index (χ0v) is 12.6. The molecule has 1 saturated carbocycles. The second-order valence-corrected chi connectivity index (χ2v) is 5.74. The molecule has 0 spiro atoms. The van der Waals surface area contributed by atoms with E-state index in [0.29, 0.717) is 16.6 Å². The Morgan fingerprint density at radius 1 is 1.48 bits per heavy atom. The minimum Gasteiger partial charge on any atom is -0.480 e. The summed E-state index contributed by atoms with van der Waals surface area (Å²) in [6.45, 7) is 1.72. The van der Waals surface area contributed by atoms with Crippen molar-refractivity contribution in [2.24, 2.45) is 5.92 Å². The van der Waals surface area contributed by atoms with Gasteiger partial charge in [0.25, 0.3) is 0 Å². The summed E-state index contributed by atoms with van der Waals surface area (Å²) in [5.41, 5.74) is 0.482. The minimum absolute atomic E-state index is 0.160. The van der Waals surface area contributed by atoms with Crippen LogP contribution in [0.15, 0.2) is 24.3 Å². The zero-order chi connectivity index (χ0) is 15.4. The maximum Gasteiger partial charge on any atom is 0.323 e. The number of carboxylic acids is 1. The molecule has 2 amide bonds. The SMILES string of the molecule is CCCC1CC1NC(=O)N(CC(=O)O)c1cccc(Cl)c1. The molecule has 0 aliphatic heterocycles. The van der Waals surface area contributed by atoms with Crippen molar-refractivity contribution in [1.82, 2.24) is 5.32 Å². The highest BCUT2D eigenvalue weighted by atomic mass is 35.5. The van der Waals surface area contributed by atoms with Crippen LogP contribution >= 0.6 is 11.6 Å². The third-order valence-electron chi connectivity index (χ3n) is 3.55. The van der Waals surface area contributed by atoms with Crippen LogP contribution in [0.4, 0.5) is 10.5 Å². The van der Waals surface area contributed by atoms with E-state index in [-0.39, 0.29) is 12.1 Å². The fraction of sp³-hybridized carbons (Fsp3) is 0.467. The van der Waals surface area contributed by atoms with Gasteiger partial charge in [-0.2, -0.15) is 0 Å². The highest BCUT2D eigenvalue weighted by molar-refractivity contribution is 6.30. The molecule has 1 fully saturated rings. The molecule has 21 heavy (non-hydrogen) atoms. The number of aliphatic carboxylic acids is 1. The van der Waals surface area contributed by atoms with Crippen molar-refractivity contribution in [2.75, 3.05) is 11.4 Å². The molecule has 0 bridgehead atoms. The summed E-state index contributed by atoms with van der Waals surface area (Å²) in [6, 6.07) is 6.40. The summed E-state index contributed by atoms with van der Waals surface area (Å²) >= 11 is 5.91. The molecule has 1 aliphatic rings. The van der Waals surface area contributed by atoms with E-state index in [4.69, 9.17) is 16.7 Å². The Hall–Kier alpha value is -1.75. The molecule has 114 valence electrons. The Bertz CT molecular complexity index is 535. The number of nitrogens with one attached hydrogen (secondary N) is 1. The van der Waals surface area contributed by atoms with Gasteiger partial charge in [0, 0.05) is 16.8 Å². The lowest BCUT2D eigenvalue weighted by atomic mass is 10.2. The molecule has 1 aromatic rings. The maximum absolute atomic E-state index is 12.3. The molecule has 0 aromatic heterocycles. The van der Waals surface area contributed by atoms with Gasteiger partial charge in [0.1, 0.15) is 6.54 Å².